The van der Waals surface area contributed by atoms with E-state index in [1.807, 2.05) is 54.2 Å². The molecule has 4 heterocycles. The van der Waals surface area contributed by atoms with Crippen LogP contribution in [0.2, 0.25) is 0 Å². The second-order valence-corrected chi connectivity index (χ2v) is 8.90. The molecule has 0 aliphatic rings. The largest absolute Gasteiger partial charge is 2.00 e. The summed E-state index contributed by atoms with van der Waals surface area (Å²) < 4.78 is 2.04. The molecule has 0 amide bonds. The van der Waals surface area contributed by atoms with Gasteiger partial charge in [0.15, 0.2) is 0 Å². The summed E-state index contributed by atoms with van der Waals surface area (Å²) in [4.78, 5) is 14.2. The molecule has 5 rings (SSSR count). The molecule has 1 aromatic carbocycles. The molecular formula is C27H24N4Pt. The van der Waals surface area contributed by atoms with Crippen LogP contribution in [0.15, 0.2) is 73.1 Å². The molecule has 5 heteroatoms. The normalized spacial score (nSPS) is 11.5. The molecule has 4 nitrogen and oxygen atoms in total. The Morgan fingerprint density at radius 1 is 0.906 bits per heavy atom. The zero-order valence-corrected chi connectivity index (χ0v) is 20.8. The molecule has 32 heavy (non-hydrogen) atoms. The fourth-order valence-corrected chi connectivity index (χ4v) is 3.73. The van der Waals surface area contributed by atoms with E-state index in [0.29, 0.717) is 0 Å². The van der Waals surface area contributed by atoms with Crippen LogP contribution in [-0.2, 0) is 26.5 Å². The molecule has 0 fully saturated rings. The molecule has 0 spiro atoms. The average molecular weight is 600 g/mol. The molecule has 0 atom stereocenters. The van der Waals surface area contributed by atoms with E-state index in [1.165, 1.54) is 5.56 Å². The van der Waals surface area contributed by atoms with Crippen molar-refractivity contribution in [3.63, 3.8) is 0 Å². The average Bonchev–Trinajstić information content (AvgIpc) is 3.38. The summed E-state index contributed by atoms with van der Waals surface area (Å²) in [5, 5.41) is 1.08. The third-order valence-electron chi connectivity index (χ3n) is 5.50. The van der Waals surface area contributed by atoms with E-state index < -0.39 is 0 Å². The van der Waals surface area contributed by atoms with E-state index in [4.69, 9.17) is 4.98 Å². The van der Waals surface area contributed by atoms with Gasteiger partial charge in [0.05, 0.1) is 5.65 Å². The van der Waals surface area contributed by atoms with Crippen LogP contribution in [0.3, 0.4) is 0 Å². The molecule has 0 bridgehead atoms. The van der Waals surface area contributed by atoms with Crippen molar-refractivity contribution in [2.75, 3.05) is 0 Å². The van der Waals surface area contributed by atoms with E-state index in [1.54, 1.807) is 0 Å². The van der Waals surface area contributed by atoms with Crippen LogP contribution in [-0.4, -0.2) is 14.5 Å². The number of pyridine rings is 2. The summed E-state index contributed by atoms with van der Waals surface area (Å²) in [6.07, 6.45) is 3.84. The minimum atomic E-state index is -0.00552. The molecule has 0 aliphatic heterocycles. The van der Waals surface area contributed by atoms with Gasteiger partial charge in [-0.15, -0.1) is 23.8 Å². The molecule has 4 aromatic heterocycles. The van der Waals surface area contributed by atoms with Crippen molar-refractivity contribution < 1.29 is 21.1 Å². The van der Waals surface area contributed by atoms with Crippen molar-refractivity contribution in [2.45, 2.75) is 33.1 Å². The van der Waals surface area contributed by atoms with Crippen molar-refractivity contribution >= 4 is 11.0 Å². The van der Waals surface area contributed by atoms with Crippen LogP contribution in [0.25, 0.3) is 39.4 Å². The zero-order chi connectivity index (χ0) is 21.6. The maximum Gasteiger partial charge on any atom is 2.00 e. The van der Waals surface area contributed by atoms with Crippen molar-refractivity contribution in [3.05, 3.63) is 90.4 Å². The molecule has 5 aromatic rings. The second-order valence-electron chi connectivity index (χ2n) is 8.90. The fourth-order valence-electron chi connectivity index (χ4n) is 3.73. The first-order valence-corrected chi connectivity index (χ1v) is 10.5. The molecular weight excluding hydrogens is 575 g/mol. The molecule has 162 valence electrons. The summed E-state index contributed by atoms with van der Waals surface area (Å²) in [5.41, 5.74) is 6.86. The van der Waals surface area contributed by atoms with Gasteiger partial charge in [-0.1, -0.05) is 92.1 Å². The Labute approximate surface area is 203 Å². The SMILES string of the molecule is Cc1ccc(-n2ccc3ccc(-c4[c-]c(-c5ccccn5)cc(C(C)(C)C)c4)nc32)[n-]1.[Pt+2]. The number of fused-ring (bicyclic) bond motifs is 1. The summed E-state index contributed by atoms with van der Waals surface area (Å²) in [6.45, 7) is 8.67. The van der Waals surface area contributed by atoms with Crippen LogP contribution in [0, 0.1) is 13.0 Å². The van der Waals surface area contributed by atoms with Gasteiger partial charge in [-0.2, -0.15) is 0 Å². The number of nitrogens with zero attached hydrogens (tertiary/aromatic N) is 4. The summed E-state index contributed by atoms with van der Waals surface area (Å²) >= 11 is 0. The Bertz CT molecular complexity index is 1370. The Morgan fingerprint density at radius 2 is 1.69 bits per heavy atom. The Hall–Kier alpha value is -2.97. The predicted molar refractivity (Wildman–Crippen MR) is 125 cm³/mol. The van der Waals surface area contributed by atoms with E-state index in [0.717, 1.165) is 45.1 Å². The van der Waals surface area contributed by atoms with E-state index >= 15 is 0 Å². The first-order valence-electron chi connectivity index (χ1n) is 10.5. The van der Waals surface area contributed by atoms with Gasteiger partial charge in [-0.25, -0.2) is 0 Å². The minimum Gasteiger partial charge on any atom is -0.440 e. The van der Waals surface area contributed by atoms with Gasteiger partial charge in [-0.3, -0.25) is 9.97 Å². The van der Waals surface area contributed by atoms with E-state index in [9.17, 15) is 0 Å². The first-order chi connectivity index (χ1) is 14.9. The Morgan fingerprint density at radius 3 is 2.34 bits per heavy atom. The number of benzene rings is 1. The third-order valence-corrected chi connectivity index (χ3v) is 5.50. The van der Waals surface area contributed by atoms with Crippen molar-refractivity contribution in [2.24, 2.45) is 0 Å². The van der Waals surface area contributed by atoms with Crippen molar-refractivity contribution in [1.29, 1.82) is 0 Å². The predicted octanol–water partition coefficient (Wildman–Crippen LogP) is 6.12. The molecule has 0 aliphatic carbocycles. The van der Waals surface area contributed by atoms with Gasteiger partial charge in [0.25, 0.3) is 0 Å². The third kappa shape index (κ3) is 4.20. The quantitative estimate of drug-likeness (QED) is 0.235. The van der Waals surface area contributed by atoms with Gasteiger partial charge >= 0.3 is 21.1 Å². The zero-order valence-electron chi connectivity index (χ0n) is 18.5. The smallest absolute Gasteiger partial charge is 0.440 e. The fraction of sp³-hybridized carbons (Fsp3) is 0.185. The van der Waals surface area contributed by atoms with Gasteiger partial charge in [0, 0.05) is 17.6 Å². The Balaban J connectivity index is 0.00000245. The van der Waals surface area contributed by atoms with Crippen LogP contribution < -0.4 is 4.98 Å². The number of aromatic nitrogens is 4. The van der Waals surface area contributed by atoms with Crippen molar-refractivity contribution in [3.8, 4) is 28.3 Å². The van der Waals surface area contributed by atoms with Gasteiger partial charge in [-0.05, 0) is 23.8 Å². The number of rotatable bonds is 3. The maximum absolute atomic E-state index is 5.02. The number of aryl methyl sites for hydroxylation is 1. The van der Waals surface area contributed by atoms with Crippen LogP contribution in [0.4, 0.5) is 0 Å². The van der Waals surface area contributed by atoms with Crippen LogP contribution >= 0.6 is 0 Å². The maximum atomic E-state index is 5.02. The topological polar surface area (TPSA) is 44.8 Å². The summed E-state index contributed by atoms with van der Waals surface area (Å²) in [7, 11) is 0. The molecule has 0 unspecified atom stereocenters. The molecule has 0 saturated heterocycles. The number of hydrogen-bond donors (Lipinski definition) is 0. The van der Waals surface area contributed by atoms with E-state index in [-0.39, 0.29) is 26.5 Å². The molecule has 0 saturated carbocycles. The monoisotopic (exact) mass is 599 g/mol. The van der Waals surface area contributed by atoms with Crippen LogP contribution in [0.1, 0.15) is 32.0 Å². The first kappa shape index (κ1) is 22.2. The number of hydrogen-bond acceptors (Lipinski definition) is 2. The molecule has 0 N–H and O–H groups in total. The standard InChI is InChI=1S/C27H24N4.Pt/c1-18-8-11-25(29-18)31-14-12-19-9-10-24(30-26(19)31)21-15-20(23-7-5-6-13-28-23)16-22(17-21)27(2,3)4;/h5-14,16-17H,1-4H3;/q-2;+2. The molecule has 0 radical (unpaired) electrons. The van der Waals surface area contributed by atoms with Gasteiger partial charge in [0.1, 0.15) is 0 Å². The van der Waals surface area contributed by atoms with Gasteiger partial charge < -0.3 is 9.55 Å². The van der Waals surface area contributed by atoms with Crippen molar-refractivity contribution in [1.82, 2.24) is 19.5 Å². The second kappa shape index (κ2) is 8.52. The Kier molecular flexibility index (Phi) is 5.92. The minimum absolute atomic E-state index is 0. The summed E-state index contributed by atoms with van der Waals surface area (Å²) in [6, 6.07) is 24.2. The van der Waals surface area contributed by atoms with E-state index in [2.05, 4.69) is 67.1 Å². The van der Waals surface area contributed by atoms with Gasteiger partial charge in [0.2, 0.25) is 0 Å². The summed E-state index contributed by atoms with van der Waals surface area (Å²) in [5.74, 6) is 0.888. The van der Waals surface area contributed by atoms with Crippen LogP contribution in [0.5, 0.6) is 0 Å².